The standard InChI is InChI=1S/C28H26F3N5O2S/c29-28(30,31)27-33-25(23-8-6-21(7-9-23)19-39(37)38)24(22-4-2-1-3-5-22)26(34-27)36-16-14-35(15-17-36)18-20-10-12-32-13-11-20/h1-13H,14-19H2,(H,37,38). The first-order valence-corrected chi connectivity index (χ1v) is 13.6. The van der Waals surface area contributed by atoms with E-state index in [1.165, 1.54) is 0 Å². The summed E-state index contributed by atoms with van der Waals surface area (Å²) < 4.78 is 62.6. The lowest BCUT2D eigenvalue weighted by Crippen LogP contribution is -2.46. The van der Waals surface area contributed by atoms with Crippen molar-refractivity contribution in [2.75, 3.05) is 31.1 Å². The minimum Gasteiger partial charge on any atom is -0.353 e. The molecule has 1 unspecified atom stereocenters. The molecular weight excluding hydrogens is 527 g/mol. The number of pyridine rings is 1. The van der Waals surface area contributed by atoms with Crippen molar-refractivity contribution < 1.29 is 21.9 Å². The second-order valence-electron chi connectivity index (χ2n) is 9.24. The Kier molecular flexibility index (Phi) is 8.01. The lowest BCUT2D eigenvalue weighted by atomic mass is 9.98. The number of piperazine rings is 1. The Labute approximate surface area is 226 Å². The predicted octanol–water partition coefficient (Wildman–Crippen LogP) is 5.27. The highest BCUT2D eigenvalue weighted by Gasteiger charge is 2.38. The number of hydrogen-bond donors (Lipinski definition) is 1. The van der Waals surface area contributed by atoms with Crippen LogP contribution in [-0.2, 0) is 29.6 Å². The van der Waals surface area contributed by atoms with Gasteiger partial charge in [0.2, 0.25) is 5.82 Å². The number of benzene rings is 2. The molecule has 1 N–H and O–H groups in total. The summed E-state index contributed by atoms with van der Waals surface area (Å²) in [7, 11) is 0. The van der Waals surface area contributed by atoms with Gasteiger partial charge in [-0.15, -0.1) is 0 Å². The quantitative estimate of drug-likeness (QED) is 0.312. The zero-order valence-electron chi connectivity index (χ0n) is 20.9. The molecule has 1 aliphatic rings. The van der Waals surface area contributed by atoms with Crippen LogP contribution in [0.1, 0.15) is 17.0 Å². The smallest absolute Gasteiger partial charge is 0.353 e. The van der Waals surface area contributed by atoms with Gasteiger partial charge in [0.25, 0.3) is 0 Å². The molecule has 0 spiro atoms. The van der Waals surface area contributed by atoms with Crippen molar-refractivity contribution in [3.05, 3.63) is 96.1 Å². The van der Waals surface area contributed by atoms with Crippen molar-refractivity contribution >= 4 is 16.9 Å². The summed E-state index contributed by atoms with van der Waals surface area (Å²) in [6.45, 7) is 3.05. The maximum atomic E-state index is 14.1. The van der Waals surface area contributed by atoms with Gasteiger partial charge in [-0.05, 0) is 28.8 Å². The zero-order chi connectivity index (χ0) is 27.4. The fraction of sp³-hybridized carbons (Fsp3) is 0.250. The molecule has 3 heterocycles. The maximum Gasteiger partial charge on any atom is 0.451 e. The topological polar surface area (TPSA) is 82.4 Å². The van der Waals surface area contributed by atoms with Gasteiger partial charge in [0, 0.05) is 50.7 Å². The lowest BCUT2D eigenvalue weighted by Gasteiger charge is -2.36. The Bertz CT molecular complexity index is 1430. The summed E-state index contributed by atoms with van der Waals surface area (Å²) in [4.78, 5) is 16.3. The van der Waals surface area contributed by atoms with Gasteiger partial charge in [-0.2, -0.15) is 13.2 Å². The normalized spacial score (nSPS) is 15.3. The highest BCUT2D eigenvalue weighted by atomic mass is 32.2. The van der Waals surface area contributed by atoms with Crippen molar-refractivity contribution in [1.29, 1.82) is 0 Å². The molecule has 1 fully saturated rings. The van der Waals surface area contributed by atoms with Crippen molar-refractivity contribution in [3.63, 3.8) is 0 Å². The van der Waals surface area contributed by atoms with E-state index in [-0.39, 0.29) is 17.3 Å². The third-order valence-electron chi connectivity index (χ3n) is 6.55. The van der Waals surface area contributed by atoms with E-state index in [1.54, 1.807) is 36.7 Å². The molecular formula is C28H26F3N5O2S. The first-order chi connectivity index (χ1) is 18.8. The van der Waals surface area contributed by atoms with Crippen molar-refractivity contribution in [2.24, 2.45) is 0 Å². The van der Waals surface area contributed by atoms with E-state index in [0.29, 0.717) is 48.4 Å². The molecule has 0 bridgehead atoms. The van der Waals surface area contributed by atoms with Crippen LogP contribution in [0.4, 0.5) is 19.0 Å². The van der Waals surface area contributed by atoms with Gasteiger partial charge >= 0.3 is 6.18 Å². The van der Waals surface area contributed by atoms with Gasteiger partial charge in [-0.3, -0.25) is 9.88 Å². The van der Waals surface area contributed by atoms with Crippen LogP contribution in [0, 0.1) is 0 Å². The number of aromatic nitrogens is 3. The summed E-state index contributed by atoms with van der Waals surface area (Å²) in [5.41, 5.74) is 3.57. The summed E-state index contributed by atoms with van der Waals surface area (Å²) >= 11 is -2.03. The van der Waals surface area contributed by atoms with E-state index < -0.39 is 23.1 Å². The van der Waals surface area contributed by atoms with E-state index in [2.05, 4.69) is 19.9 Å². The second-order valence-corrected chi connectivity index (χ2v) is 10.2. The molecule has 1 atom stereocenters. The van der Waals surface area contributed by atoms with Crippen LogP contribution in [0.3, 0.4) is 0 Å². The molecule has 5 rings (SSSR count). The van der Waals surface area contributed by atoms with Gasteiger partial charge in [0.15, 0.2) is 11.1 Å². The molecule has 0 radical (unpaired) electrons. The van der Waals surface area contributed by atoms with E-state index in [4.69, 9.17) is 0 Å². The largest absolute Gasteiger partial charge is 0.451 e. The first-order valence-electron chi connectivity index (χ1n) is 12.4. The van der Waals surface area contributed by atoms with E-state index in [1.807, 2.05) is 47.4 Å². The average Bonchev–Trinajstić information content (AvgIpc) is 2.93. The molecule has 2 aromatic carbocycles. The minimum atomic E-state index is -4.74. The zero-order valence-corrected chi connectivity index (χ0v) is 21.7. The van der Waals surface area contributed by atoms with Crippen molar-refractivity contribution in [3.8, 4) is 22.4 Å². The molecule has 0 saturated carbocycles. The van der Waals surface area contributed by atoms with Crippen LogP contribution < -0.4 is 4.90 Å². The molecule has 0 amide bonds. The summed E-state index contributed by atoms with van der Waals surface area (Å²) in [6, 6.07) is 19.6. The Balaban J connectivity index is 1.56. The number of anilines is 1. The van der Waals surface area contributed by atoms with E-state index in [0.717, 1.165) is 12.1 Å². The predicted molar refractivity (Wildman–Crippen MR) is 144 cm³/mol. The van der Waals surface area contributed by atoms with E-state index >= 15 is 0 Å². The third kappa shape index (κ3) is 6.49. The Morgan fingerprint density at radius 2 is 1.49 bits per heavy atom. The van der Waals surface area contributed by atoms with Gasteiger partial charge in [-0.1, -0.05) is 54.6 Å². The molecule has 1 saturated heterocycles. The monoisotopic (exact) mass is 553 g/mol. The van der Waals surface area contributed by atoms with Crippen molar-refractivity contribution in [2.45, 2.75) is 18.5 Å². The fourth-order valence-electron chi connectivity index (χ4n) is 4.65. The lowest BCUT2D eigenvalue weighted by molar-refractivity contribution is -0.144. The van der Waals surface area contributed by atoms with Gasteiger partial charge in [0.05, 0.1) is 17.0 Å². The summed E-state index contributed by atoms with van der Waals surface area (Å²) in [6.07, 6.45) is -1.25. The minimum absolute atomic E-state index is 0.0710. The molecule has 2 aromatic heterocycles. The maximum absolute atomic E-state index is 14.1. The second kappa shape index (κ2) is 11.6. The number of nitrogens with zero attached hydrogens (tertiary/aromatic N) is 5. The Morgan fingerprint density at radius 3 is 2.10 bits per heavy atom. The molecule has 0 aliphatic carbocycles. The molecule has 1 aliphatic heterocycles. The molecule has 202 valence electrons. The van der Waals surface area contributed by atoms with Gasteiger partial charge in [0.1, 0.15) is 5.82 Å². The number of halogens is 3. The molecule has 4 aromatic rings. The Morgan fingerprint density at radius 1 is 0.821 bits per heavy atom. The van der Waals surface area contributed by atoms with Crippen LogP contribution >= 0.6 is 0 Å². The van der Waals surface area contributed by atoms with Crippen LogP contribution in [0.25, 0.3) is 22.4 Å². The Hall–Kier alpha value is -3.67. The third-order valence-corrected chi connectivity index (χ3v) is 7.13. The van der Waals surface area contributed by atoms with Crippen LogP contribution in [-0.4, -0.2) is 54.8 Å². The van der Waals surface area contributed by atoms with E-state index in [9.17, 15) is 21.9 Å². The molecule has 7 nitrogen and oxygen atoms in total. The fourth-order valence-corrected chi connectivity index (χ4v) is 5.13. The molecule has 11 heteroatoms. The summed E-state index contributed by atoms with van der Waals surface area (Å²) in [5.74, 6) is -1.03. The van der Waals surface area contributed by atoms with Gasteiger partial charge in [-0.25, -0.2) is 14.2 Å². The van der Waals surface area contributed by atoms with Crippen molar-refractivity contribution in [1.82, 2.24) is 19.9 Å². The van der Waals surface area contributed by atoms with Crippen LogP contribution in [0.2, 0.25) is 0 Å². The number of alkyl halides is 3. The summed E-state index contributed by atoms with van der Waals surface area (Å²) in [5, 5.41) is 0. The van der Waals surface area contributed by atoms with Crippen LogP contribution in [0.5, 0.6) is 0 Å². The molecule has 39 heavy (non-hydrogen) atoms. The highest BCUT2D eigenvalue weighted by molar-refractivity contribution is 7.78. The SMILES string of the molecule is O=S(O)Cc1ccc(-c2nc(C(F)(F)F)nc(N3CCN(Cc4ccncc4)CC3)c2-c2ccccc2)cc1. The van der Waals surface area contributed by atoms with Gasteiger partial charge < -0.3 is 9.45 Å². The van der Waals surface area contributed by atoms with Crippen LogP contribution in [0.15, 0.2) is 79.1 Å². The average molecular weight is 554 g/mol. The number of rotatable bonds is 7. The first kappa shape index (κ1) is 26.9. The highest BCUT2D eigenvalue weighted by Crippen LogP contribution is 2.40. The number of hydrogen-bond acceptors (Lipinski definition) is 6.